The van der Waals surface area contributed by atoms with Gasteiger partial charge in [0.15, 0.2) is 0 Å². The van der Waals surface area contributed by atoms with Crippen LogP contribution in [0.3, 0.4) is 0 Å². The van der Waals surface area contributed by atoms with E-state index >= 15 is 0 Å². The minimum atomic E-state index is -0.248. The lowest BCUT2D eigenvalue weighted by Crippen LogP contribution is -2.23. The van der Waals surface area contributed by atoms with Crippen LogP contribution in [0.15, 0.2) is 61.1 Å². The first-order valence-corrected chi connectivity index (χ1v) is 11.6. The van der Waals surface area contributed by atoms with Crippen LogP contribution in [0.5, 0.6) is 5.75 Å². The van der Waals surface area contributed by atoms with Gasteiger partial charge in [-0.1, -0.05) is 41.4 Å². The molecule has 4 rings (SSSR count). The third kappa shape index (κ3) is 5.72. The van der Waals surface area contributed by atoms with Crippen LogP contribution in [-0.4, -0.2) is 32.8 Å². The van der Waals surface area contributed by atoms with Gasteiger partial charge in [0.05, 0.1) is 35.9 Å². The largest absolute Gasteiger partial charge is 0.495 e. The Kier molecular flexibility index (Phi) is 7.53. The SMILES string of the molecule is COc1cc(C(=O)NCc2ccccc2Cl)ccc1Nc1ncc(Cl)c(-c2cnn(C(C)C)c2)n1. The highest BCUT2D eigenvalue weighted by Crippen LogP contribution is 2.31. The molecule has 0 fully saturated rings. The first-order chi connectivity index (χ1) is 16.9. The quantitative estimate of drug-likeness (QED) is 0.306. The summed E-state index contributed by atoms with van der Waals surface area (Å²) in [5, 5.41) is 11.4. The molecule has 35 heavy (non-hydrogen) atoms. The van der Waals surface area contributed by atoms with E-state index in [1.54, 1.807) is 30.5 Å². The van der Waals surface area contributed by atoms with Crippen molar-refractivity contribution in [3.8, 4) is 17.0 Å². The fourth-order valence-corrected chi connectivity index (χ4v) is 3.75. The fraction of sp³-hybridized carbons (Fsp3) is 0.200. The Morgan fingerprint density at radius 2 is 1.91 bits per heavy atom. The van der Waals surface area contributed by atoms with Gasteiger partial charge in [0, 0.05) is 34.9 Å². The van der Waals surface area contributed by atoms with Crippen molar-refractivity contribution in [2.24, 2.45) is 0 Å². The molecule has 0 atom stereocenters. The monoisotopic (exact) mass is 510 g/mol. The Morgan fingerprint density at radius 1 is 1.11 bits per heavy atom. The van der Waals surface area contributed by atoms with Gasteiger partial charge in [-0.05, 0) is 43.7 Å². The maximum Gasteiger partial charge on any atom is 0.251 e. The number of aromatic nitrogens is 4. The molecule has 2 aromatic carbocycles. The summed E-state index contributed by atoms with van der Waals surface area (Å²) in [5.74, 6) is 0.543. The number of carbonyl (C=O) groups excluding carboxylic acids is 1. The molecule has 0 saturated heterocycles. The second-order valence-corrected chi connectivity index (χ2v) is 8.82. The number of benzene rings is 2. The second kappa shape index (κ2) is 10.8. The van der Waals surface area contributed by atoms with E-state index in [2.05, 4.69) is 25.7 Å². The molecule has 0 saturated carbocycles. The average molecular weight is 511 g/mol. The molecule has 2 heterocycles. The number of carbonyl (C=O) groups is 1. The standard InChI is InChI=1S/C25H24Cl2N6O2/c1-15(2)33-14-18(12-30-33)23-20(27)13-29-25(32-23)31-21-9-8-16(10-22(21)35-3)24(34)28-11-17-6-4-5-7-19(17)26/h4-10,12-15H,11H2,1-3H3,(H,28,34)(H,29,31,32). The van der Waals surface area contributed by atoms with Crippen molar-refractivity contribution in [3.05, 3.63) is 82.2 Å². The minimum absolute atomic E-state index is 0.214. The van der Waals surface area contributed by atoms with E-state index in [4.69, 9.17) is 27.9 Å². The van der Waals surface area contributed by atoms with Crippen molar-refractivity contribution in [1.29, 1.82) is 0 Å². The first kappa shape index (κ1) is 24.5. The topological polar surface area (TPSA) is 94.0 Å². The van der Waals surface area contributed by atoms with Crippen molar-refractivity contribution >= 4 is 40.7 Å². The molecule has 0 bridgehead atoms. The molecule has 2 N–H and O–H groups in total. The van der Waals surface area contributed by atoms with Crippen LogP contribution in [0, 0.1) is 0 Å². The van der Waals surface area contributed by atoms with Crippen LogP contribution in [0.2, 0.25) is 10.0 Å². The van der Waals surface area contributed by atoms with Gasteiger partial charge < -0.3 is 15.4 Å². The van der Waals surface area contributed by atoms with Crippen LogP contribution in [-0.2, 0) is 6.54 Å². The molecule has 0 unspecified atom stereocenters. The third-order valence-corrected chi connectivity index (χ3v) is 5.90. The Balaban J connectivity index is 1.51. The van der Waals surface area contributed by atoms with Crippen molar-refractivity contribution < 1.29 is 9.53 Å². The summed E-state index contributed by atoms with van der Waals surface area (Å²) in [4.78, 5) is 21.5. The third-order valence-electron chi connectivity index (χ3n) is 5.26. The summed E-state index contributed by atoms with van der Waals surface area (Å²) >= 11 is 12.5. The molecule has 0 spiro atoms. The maximum atomic E-state index is 12.7. The predicted octanol–water partition coefficient (Wildman–Crippen LogP) is 5.91. The summed E-state index contributed by atoms with van der Waals surface area (Å²) in [6.07, 6.45) is 5.13. The van der Waals surface area contributed by atoms with Crippen LogP contribution in [0.1, 0.15) is 35.8 Å². The van der Waals surface area contributed by atoms with Gasteiger partial charge in [0.1, 0.15) is 5.75 Å². The number of halogens is 2. The molecule has 0 radical (unpaired) electrons. The van der Waals surface area contributed by atoms with Crippen LogP contribution < -0.4 is 15.4 Å². The van der Waals surface area contributed by atoms with Crippen LogP contribution in [0.25, 0.3) is 11.3 Å². The summed E-state index contributed by atoms with van der Waals surface area (Å²) in [6, 6.07) is 12.7. The Morgan fingerprint density at radius 3 is 2.63 bits per heavy atom. The second-order valence-electron chi connectivity index (χ2n) is 8.01. The molecule has 10 heteroatoms. The number of nitrogens with zero attached hydrogens (tertiary/aromatic N) is 4. The van der Waals surface area contributed by atoms with E-state index in [-0.39, 0.29) is 11.9 Å². The lowest BCUT2D eigenvalue weighted by Gasteiger charge is -2.13. The van der Waals surface area contributed by atoms with E-state index in [0.29, 0.717) is 45.2 Å². The highest BCUT2D eigenvalue weighted by Gasteiger charge is 2.15. The van der Waals surface area contributed by atoms with Crippen LogP contribution in [0.4, 0.5) is 11.6 Å². The molecule has 0 aliphatic carbocycles. The number of rotatable bonds is 8. The van der Waals surface area contributed by atoms with E-state index < -0.39 is 0 Å². The molecule has 180 valence electrons. The molecular formula is C25H24Cl2N6O2. The van der Waals surface area contributed by atoms with Crippen molar-refractivity contribution in [3.63, 3.8) is 0 Å². The number of anilines is 2. The zero-order valence-corrected chi connectivity index (χ0v) is 20.9. The van der Waals surface area contributed by atoms with E-state index in [1.807, 2.05) is 42.9 Å². The van der Waals surface area contributed by atoms with Gasteiger partial charge in [0.25, 0.3) is 5.91 Å². The zero-order chi connectivity index (χ0) is 24.9. The molecule has 1 amide bonds. The Labute approximate surface area is 213 Å². The van der Waals surface area contributed by atoms with E-state index in [9.17, 15) is 4.79 Å². The molecule has 2 aromatic heterocycles. The number of ether oxygens (including phenoxy) is 1. The summed E-state index contributed by atoms with van der Waals surface area (Å²) in [7, 11) is 1.53. The normalized spacial score (nSPS) is 10.9. The predicted molar refractivity (Wildman–Crippen MR) is 138 cm³/mol. The molecule has 8 nitrogen and oxygen atoms in total. The van der Waals surface area contributed by atoms with Gasteiger partial charge in [-0.25, -0.2) is 9.97 Å². The number of nitrogens with one attached hydrogen (secondary N) is 2. The first-order valence-electron chi connectivity index (χ1n) is 10.9. The van der Waals surface area contributed by atoms with Gasteiger partial charge >= 0.3 is 0 Å². The maximum absolute atomic E-state index is 12.7. The summed E-state index contributed by atoms with van der Waals surface area (Å²) in [6.45, 7) is 4.40. The summed E-state index contributed by atoms with van der Waals surface area (Å²) < 4.78 is 7.33. The van der Waals surface area contributed by atoms with Crippen molar-refractivity contribution in [1.82, 2.24) is 25.1 Å². The molecular weight excluding hydrogens is 487 g/mol. The number of amides is 1. The molecule has 4 aromatic rings. The number of hydrogen-bond acceptors (Lipinski definition) is 6. The molecule has 0 aliphatic rings. The smallest absolute Gasteiger partial charge is 0.251 e. The van der Waals surface area contributed by atoms with Crippen molar-refractivity contribution in [2.45, 2.75) is 26.4 Å². The van der Waals surface area contributed by atoms with E-state index in [0.717, 1.165) is 11.1 Å². The van der Waals surface area contributed by atoms with Gasteiger partial charge in [-0.2, -0.15) is 5.10 Å². The summed E-state index contributed by atoms with van der Waals surface area (Å²) in [5.41, 5.74) is 3.22. The molecule has 0 aliphatic heterocycles. The minimum Gasteiger partial charge on any atom is -0.495 e. The lowest BCUT2D eigenvalue weighted by molar-refractivity contribution is 0.0950. The zero-order valence-electron chi connectivity index (χ0n) is 19.4. The van der Waals surface area contributed by atoms with Gasteiger partial charge in [-0.3, -0.25) is 9.48 Å². The fourth-order valence-electron chi connectivity index (χ4n) is 3.35. The van der Waals surface area contributed by atoms with E-state index in [1.165, 1.54) is 13.3 Å². The highest BCUT2D eigenvalue weighted by molar-refractivity contribution is 6.33. The van der Waals surface area contributed by atoms with Gasteiger partial charge in [-0.15, -0.1) is 0 Å². The Bertz CT molecular complexity index is 1360. The number of methoxy groups -OCH3 is 1. The lowest BCUT2D eigenvalue weighted by atomic mass is 10.1. The number of hydrogen-bond donors (Lipinski definition) is 2. The van der Waals surface area contributed by atoms with Crippen molar-refractivity contribution in [2.75, 3.05) is 12.4 Å². The van der Waals surface area contributed by atoms with Gasteiger partial charge in [0.2, 0.25) is 5.95 Å². The highest BCUT2D eigenvalue weighted by atomic mass is 35.5. The van der Waals surface area contributed by atoms with Crippen LogP contribution >= 0.6 is 23.2 Å². The average Bonchev–Trinajstić information content (AvgIpc) is 3.35. The Hall–Kier alpha value is -3.62.